The molecule has 0 N–H and O–H groups in total. The molecule has 1 heterocycles. The van der Waals surface area contributed by atoms with E-state index in [2.05, 4.69) is 33.9 Å². The Morgan fingerprint density at radius 2 is 1.13 bits per heavy atom. The third-order valence-corrected chi connectivity index (χ3v) is 13.7. The number of hydrogen-bond donors (Lipinski definition) is 0. The van der Waals surface area contributed by atoms with Crippen molar-refractivity contribution in [3.63, 3.8) is 0 Å². The SMILES string of the molecule is COP(OC)O[C@H]1O[C@H](COCc2ccccc2)[C@@H](O[Si](C)(C)C(C)(C)C)[C@H](OCc2ccccc2)[C@H]1OCc1ccccc1.[B]. The van der Waals surface area contributed by atoms with E-state index in [0.717, 1.165) is 16.7 Å². The molecule has 1 saturated heterocycles. The predicted molar refractivity (Wildman–Crippen MR) is 185 cm³/mol. The van der Waals surface area contributed by atoms with Gasteiger partial charge in [0.05, 0.1) is 26.4 Å². The Morgan fingerprint density at radius 1 is 0.674 bits per heavy atom. The molecule has 0 aliphatic carbocycles. The summed E-state index contributed by atoms with van der Waals surface area (Å²) in [6.07, 6.45) is -3.11. The molecule has 0 unspecified atom stereocenters. The van der Waals surface area contributed by atoms with Gasteiger partial charge in [0.15, 0.2) is 14.6 Å². The lowest BCUT2D eigenvalue weighted by Gasteiger charge is -2.49. The van der Waals surface area contributed by atoms with E-state index >= 15 is 0 Å². The van der Waals surface area contributed by atoms with Gasteiger partial charge in [-0.05, 0) is 34.8 Å². The summed E-state index contributed by atoms with van der Waals surface area (Å²) in [6.45, 7) is 12.5. The van der Waals surface area contributed by atoms with Gasteiger partial charge in [-0.15, -0.1) is 0 Å². The molecule has 0 saturated carbocycles. The second-order valence-corrected chi connectivity index (χ2v) is 18.7. The highest BCUT2D eigenvalue weighted by atomic mass is 31.2. The Bertz CT molecular complexity index is 1250. The molecule has 1 aliphatic rings. The Balaban J connectivity index is 0.00000576. The summed E-state index contributed by atoms with van der Waals surface area (Å²) < 4.78 is 50.9. The minimum Gasteiger partial charge on any atom is -0.408 e. The van der Waals surface area contributed by atoms with E-state index in [1.165, 1.54) is 0 Å². The molecule has 1 fully saturated rings. The molecule has 8 nitrogen and oxygen atoms in total. The zero-order valence-electron chi connectivity index (χ0n) is 28.2. The third kappa shape index (κ3) is 11.1. The van der Waals surface area contributed by atoms with Gasteiger partial charge in [-0.1, -0.05) is 112 Å². The lowest BCUT2D eigenvalue weighted by molar-refractivity contribution is -0.300. The fourth-order valence-corrected chi connectivity index (χ4v) is 6.75. The Labute approximate surface area is 279 Å². The number of ether oxygens (including phenoxy) is 4. The van der Waals surface area contributed by atoms with Crippen molar-refractivity contribution >= 4 is 25.3 Å². The maximum Gasteiger partial charge on any atom is 0.334 e. The van der Waals surface area contributed by atoms with Crippen LogP contribution in [0, 0.1) is 0 Å². The van der Waals surface area contributed by atoms with E-state index in [1.807, 2.05) is 91.0 Å². The normalized spacial score (nSPS) is 22.0. The van der Waals surface area contributed by atoms with Crippen molar-refractivity contribution < 1.29 is 36.9 Å². The van der Waals surface area contributed by atoms with Crippen molar-refractivity contribution in [2.45, 2.75) is 89.4 Å². The summed E-state index contributed by atoms with van der Waals surface area (Å²) in [5.74, 6) is 0. The number of rotatable bonds is 16. The maximum atomic E-state index is 7.16. The van der Waals surface area contributed by atoms with Gasteiger partial charge in [0.2, 0.25) is 0 Å². The predicted octanol–water partition coefficient (Wildman–Crippen LogP) is 7.64. The van der Waals surface area contributed by atoms with Crippen LogP contribution in [0.3, 0.4) is 0 Å². The van der Waals surface area contributed by atoms with Crippen LogP contribution in [0.25, 0.3) is 0 Å². The molecule has 3 radical (unpaired) electrons. The van der Waals surface area contributed by atoms with Crippen molar-refractivity contribution in [1.29, 1.82) is 0 Å². The van der Waals surface area contributed by atoms with Crippen LogP contribution in [0.15, 0.2) is 91.0 Å². The van der Waals surface area contributed by atoms with Crippen LogP contribution in [0.1, 0.15) is 37.5 Å². The summed E-state index contributed by atoms with van der Waals surface area (Å²) in [6, 6.07) is 30.2. The van der Waals surface area contributed by atoms with Gasteiger partial charge in [-0.2, -0.15) is 0 Å². The first-order chi connectivity index (χ1) is 21.6. The van der Waals surface area contributed by atoms with Gasteiger partial charge in [0.25, 0.3) is 0 Å². The van der Waals surface area contributed by atoms with E-state index in [0.29, 0.717) is 19.8 Å². The molecule has 4 rings (SSSR count). The number of hydrogen-bond acceptors (Lipinski definition) is 8. The summed E-state index contributed by atoms with van der Waals surface area (Å²) in [5.41, 5.74) is 3.14. The summed E-state index contributed by atoms with van der Waals surface area (Å²) >= 11 is 0. The average molecular weight is 668 g/mol. The van der Waals surface area contributed by atoms with Gasteiger partial charge in [0.1, 0.15) is 24.4 Å². The molecular weight excluding hydrogens is 618 g/mol. The van der Waals surface area contributed by atoms with Crippen molar-refractivity contribution in [2.75, 3.05) is 20.8 Å². The first-order valence-electron chi connectivity index (χ1n) is 15.4. The second kappa shape index (κ2) is 18.6. The van der Waals surface area contributed by atoms with Crippen molar-refractivity contribution in [3.8, 4) is 0 Å². The van der Waals surface area contributed by atoms with Crippen LogP contribution < -0.4 is 0 Å². The minimum atomic E-state index is -2.33. The molecule has 249 valence electrons. The van der Waals surface area contributed by atoms with Gasteiger partial charge in [-0.25, -0.2) is 0 Å². The molecule has 0 bridgehead atoms. The Hall–Kier alpha value is -1.95. The monoisotopic (exact) mass is 667 g/mol. The van der Waals surface area contributed by atoms with Gasteiger partial charge in [-0.3, -0.25) is 4.52 Å². The molecule has 0 amide bonds. The molecule has 11 heteroatoms. The maximum absolute atomic E-state index is 7.16. The van der Waals surface area contributed by atoms with Crippen molar-refractivity contribution in [2.24, 2.45) is 0 Å². The lowest BCUT2D eigenvalue weighted by Crippen LogP contribution is -2.64. The Morgan fingerprint density at radius 3 is 1.59 bits per heavy atom. The molecule has 3 aromatic rings. The highest BCUT2D eigenvalue weighted by Crippen LogP contribution is 2.45. The highest BCUT2D eigenvalue weighted by molar-refractivity contribution is 7.41. The summed E-state index contributed by atoms with van der Waals surface area (Å²) in [7, 11) is -0.940. The van der Waals surface area contributed by atoms with E-state index in [1.54, 1.807) is 14.2 Å². The van der Waals surface area contributed by atoms with Gasteiger partial charge >= 0.3 is 8.60 Å². The lowest BCUT2D eigenvalue weighted by atomic mass is 9.98. The summed E-state index contributed by atoms with van der Waals surface area (Å²) in [4.78, 5) is 0. The quantitative estimate of drug-likeness (QED) is 0.114. The van der Waals surface area contributed by atoms with Crippen LogP contribution in [0.4, 0.5) is 0 Å². The molecular formula is C35H49BO8PSi. The second-order valence-electron chi connectivity index (χ2n) is 12.6. The topological polar surface area (TPSA) is 73.8 Å². The van der Waals surface area contributed by atoms with Crippen LogP contribution in [-0.4, -0.2) is 68.3 Å². The smallest absolute Gasteiger partial charge is 0.334 e. The first kappa shape index (κ1) is 38.5. The zero-order chi connectivity index (χ0) is 32.3. The van der Waals surface area contributed by atoms with Crippen LogP contribution in [-0.2, 0) is 56.8 Å². The van der Waals surface area contributed by atoms with Crippen molar-refractivity contribution in [1.82, 2.24) is 0 Å². The molecule has 5 atom stereocenters. The average Bonchev–Trinajstić information content (AvgIpc) is 3.04. The minimum absolute atomic E-state index is 0. The zero-order valence-corrected chi connectivity index (χ0v) is 30.1. The molecule has 0 spiro atoms. The van der Waals surface area contributed by atoms with Gasteiger partial charge in [0, 0.05) is 22.6 Å². The standard InChI is InChI=1S/C35H49O8PSi.B/c1-35(2,3)45(6,7)43-31-30(26-38-23-27-17-11-8-12-18-27)41-34(42-44(36-4)37-5)33(40-25-29-21-15-10-16-22-29)32(31)39-24-28-19-13-9-14-20-28;/h8-22,30-34H,23-26H2,1-7H3;/t30-,31-,32+,33-,34-;/m1./s1. The van der Waals surface area contributed by atoms with Crippen LogP contribution in [0.5, 0.6) is 0 Å². The third-order valence-electron chi connectivity index (χ3n) is 8.28. The van der Waals surface area contributed by atoms with E-state index in [-0.39, 0.29) is 20.1 Å². The Kier molecular flexibility index (Phi) is 15.5. The largest absolute Gasteiger partial charge is 0.408 e. The summed E-state index contributed by atoms with van der Waals surface area (Å²) in [5, 5.41) is -0.0550. The fourth-order valence-electron chi connectivity index (χ4n) is 4.77. The highest BCUT2D eigenvalue weighted by Gasteiger charge is 2.53. The molecule has 3 aromatic carbocycles. The van der Waals surface area contributed by atoms with Crippen LogP contribution >= 0.6 is 8.60 Å². The van der Waals surface area contributed by atoms with E-state index in [4.69, 9.17) is 36.9 Å². The van der Waals surface area contributed by atoms with Gasteiger partial charge < -0.3 is 32.4 Å². The van der Waals surface area contributed by atoms with E-state index in [9.17, 15) is 0 Å². The molecule has 0 aromatic heterocycles. The van der Waals surface area contributed by atoms with Crippen molar-refractivity contribution in [3.05, 3.63) is 108 Å². The number of benzene rings is 3. The van der Waals surface area contributed by atoms with Crippen LogP contribution in [0.2, 0.25) is 18.1 Å². The molecule has 1 aliphatic heterocycles. The fraction of sp³-hybridized carbons (Fsp3) is 0.486. The first-order valence-corrected chi connectivity index (χ1v) is 19.4. The van der Waals surface area contributed by atoms with E-state index < -0.39 is 47.6 Å². The molecule has 46 heavy (non-hydrogen) atoms.